The van der Waals surface area contributed by atoms with Crippen LogP contribution in [0.15, 0.2) is 41.6 Å². The van der Waals surface area contributed by atoms with Crippen molar-refractivity contribution in [3.05, 3.63) is 64.0 Å². The number of rotatable bonds is 2. The quantitative estimate of drug-likeness (QED) is 0.744. The molecule has 0 fully saturated rings. The maximum Gasteiger partial charge on any atom is 0.272 e. The third-order valence-electron chi connectivity index (χ3n) is 4.17. The Morgan fingerprint density at radius 1 is 1.30 bits per heavy atom. The molecule has 3 aromatic rings. The zero-order valence-electron chi connectivity index (χ0n) is 12.3. The predicted octanol–water partition coefficient (Wildman–Crippen LogP) is 1.22. The van der Waals surface area contributed by atoms with Gasteiger partial charge < -0.3 is 5.32 Å². The number of nitrogens with one attached hydrogen (secondary N) is 2. The lowest BCUT2D eigenvalue weighted by Gasteiger charge is -2.24. The van der Waals surface area contributed by atoms with Gasteiger partial charge in [0.15, 0.2) is 5.65 Å². The van der Waals surface area contributed by atoms with Gasteiger partial charge in [-0.3, -0.25) is 19.7 Å². The molecule has 0 saturated heterocycles. The largest absolute Gasteiger partial charge is 0.343 e. The summed E-state index contributed by atoms with van der Waals surface area (Å²) >= 11 is 0. The van der Waals surface area contributed by atoms with Gasteiger partial charge in [0, 0.05) is 24.7 Å². The molecule has 7 nitrogen and oxygen atoms in total. The van der Waals surface area contributed by atoms with E-state index in [1.807, 2.05) is 12.1 Å². The van der Waals surface area contributed by atoms with Crippen molar-refractivity contribution in [3.63, 3.8) is 0 Å². The van der Waals surface area contributed by atoms with Gasteiger partial charge >= 0.3 is 0 Å². The van der Waals surface area contributed by atoms with E-state index in [9.17, 15) is 9.59 Å². The highest BCUT2D eigenvalue weighted by atomic mass is 16.2. The average molecular weight is 309 g/mol. The maximum absolute atomic E-state index is 12.6. The highest BCUT2D eigenvalue weighted by molar-refractivity contribution is 5.99. The van der Waals surface area contributed by atoms with Gasteiger partial charge in [-0.15, -0.1) is 0 Å². The SMILES string of the molecule is O=C(N[C@H]1CCCc2cccnc21)c1c[nH]n2c(=O)ccnc12. The van der Waals surface area contributed by atoms with Gasteiger partial charge in [-0.25, -0.2) is 9.50 Å². The van der Waals surface area contributed by atoms with E-state index in [1.54, 1.807) is 6.20 Å². The first-order valence-corrected chi connectivity index (χ1v) is 7.54. The molecule has 3 aromatic heterocycles. The van der Waals surface area contributed by atoms with Crippen molar-refractivity contribution in [2.45, 2.75) is 25.3 Å². The first-order chi connectivity index (χ1) is 11.2. The van der Waals surface area contributed by atoms with Crippen molar-refractivity contribution >= 4 is 11.6 Å². The van der Waals surface area contributed by atoms with E-state index in [4.69, 9.17) is 0 Å². The van der Waals surface area contributed by atoms with Gasteiger partial charge in [-0.05, 0) is 30.9 Å². The summed E-state index contributed by atoms with van der Waals surface area (Å²) in [6.45, 7) is 0. The summed E-state index contributed by atoms with van der Waals surface area (Å²) in [5.41, 5.74) is 2.53. The molecule has 3 heterocycles. The summed E-state index contributed by atoms with van der Waals surface area (Å²) in [6, 6.07) is 5.19. The van der Waals surface area contributed by atoms with Crippen molar-refractivity contribution in [2.75, 3.05) is 0 Å². The first-order valence-electron chi connectivity index (χ1n) is 7.54. The van der Waals surface area contributed by atoms with Gasteiger partial charge in [0.25, 0.3) is 11.5 Å². The number of hydrogen-bond acceptors (Lipinski definition) is 4. The number of hydrogen-bond donors (Lipinski definition) is 2. The van der Waals surface area contributed by atoms with Crippen LogP contribution >= 0.6 is 0 Å². The van der Waals surface area contributed by atoms with E-state index in [-0.39, 0.29) is 17.5 Å². The monoisotopic (exact) mass is 309 g/mol. The molecule has 7 heteroatoms. The van der Waals surface area contributed by atoms with Crippen LogP contribution in [-0.2, 0) is 6.42 Å². The summed E-state index contributed by atoms with van der Waals surface area (Å²) in [5, 5.41) is 5.77. The van der Waals surface area contributed by atoms with Gasteiger partial charge in [0.2, 0.25) is 0 Å². The number of fused-ring (bicyclic) bond motifs is 2. The average Bonchev–Trinajstić information content (AvgIpc) is 3.01. The fraction of sp³-hybridized carbons (Fsp3) is 0.250. The van der Waals surface area contributed by atoms with Crippen LogP contribution in [-0.4, -0.2) is 25.5 Å². The molecule has 0 spiro atoms. The lowest BCUT2D eigenvalue weighted by atomic mass is 9.92. The minimum Gasteiger partial charge on any atom is -0.343 e. The van der Waals surface area contributed by atoms with E-state index in [0.717, 1.165) is 25.0 Å². The number of aromatic amines is 1. The molecular formula is C16H15N5O2. The number of H-pyrrole nitrogens is 1. The first kappa shape index (κ1) is 13.7. The number of carbonyl (C=O) groups is 1. The predicted molar refractivity (Wildman–Crippen MR) is 83.2 cm³/mol. The van der Waals surface area contributed by atoms with Crippen molar-refractivity contribution in [1.82, 2.24) is 24.9 Å². The molecule has 0 radical (unpaired) electrons. The second-order valence-corrected chi connectivity index (χ2v) is 5.60. The van der Waals surface area contributed by atoms with Gasteiger partial charge in [0.1, 0.15) is 5.56 Å². The normalized spacial score (nSPS) is 17.0. The molecule has 23 heavy (non-hydrogen) atoms. The Hall–Kier alpha value is -2.96. The van der Waals surface area contributed by atoms with Crippen LogP contribution in [0.4, 0.5) is 0 Å². The van der Waals surface area contributed by atoms with E-state index in [1.165, 1.54) is 28.5 Å². The topological polar surface area (TPSA) is 92.1 Å². The smallest absolute Gasteiger partial charge is 0.272 e. The van der Waals surface area contributed by atoms with E-state index in [0.29, 0.717) is 11.2 Å². The van der Waals surface area contributed by atoms with Crippen LogP contribution in [0.1, 0.15) is 40.5 Å². The number of pyridine rings is 1. The Bertz CT molecular complexity index is 943. The molecular weight excluding hydrogens is 294 g/mol. The summed E-state index contributed by atoms with van der Waals surface area (Å²) in [5.74, 6) is -0.259. The molecule has 0 unspecified atom stereocenters. The van der Waals surface area contributed by atoms with Gasteiger partial charge in [-0.2, -0.15) is 0 Å². The number of aryl methyl sites for hydroxylation is 1. The Morgan fingerprint density at radius 3 is 3.13 bits per heavy atom. The lowest BCUT2D eigenvalue weighted by molar-refractivity contribution is 0.0933. The highest BCUT2D eigenvalue weighted by Crippen LogP contribution is 2.28. The molecule has 1 atom stereocenters. The molecule has 2 N–H and O–H groups in total. The molecule has 0 saturated carbocycles. The van der Waals surface area contributed by atoms with Crippen molar-refractivity contribution < 1.29 is 4.79 Å². The zero-order valence-corrected chi connectivity index (χ0v) is 12.3. The number of amides is 1. The third-order valence-corrected chi connectivity index (χ3v) is 4.17. The summed E-state index contributed by atoms with van der Waals surface area (Å²) < 4.78 is 1.25. The Labute approximate surface area is 131 Å². The van der Waals surface area contributed by atoms with Crippen molar-refractivity contribution in [3.8, 4) is 0 Å². The standard InChI is InChI=1S/C16H15N5O2/c22-13-6-8-18-15-11(9-19-21(13)15)16(23)20-12-5-1-3-10-4-2-7-17-14(10)12/h2,4,6-9,12,19H,1,3,5H2,(H,20,23)/t12-/m0/s1. The fourth-order valence-electron chi connectivity index (χ4n) is 3.07. The molecule has 0 aliphatic heterocycles. The summed E-state index contributed by atoms with van der Waals surface area (Å²) in [6.07, 6.45) is 7.50. The molecule has 1 amide bonds. The second-order valence-electron chi connectivity index (χ2n) is 5.60. The van der Waals surface area contributed by atoms with Crippen molar-refractivity contribution in [1.29, 1.82) is 0 Å². The van der Waals surface area contributed by atoms with Crippen LogP contribution in [0.5, 0.6) is 0 Å². The minimum absolute atomic E-state index is 0.113. The number of aromatic nitrogens is 4. The third kappa shape index (κ3) is 2.30. The Kier molecular flexibility index (Phi) is 3.18. The molecule has 1 aliphatic rings. The summed E-state index contributed by atoms with van der Waals surface area (Å²) in [4.78, 5) is 32.8. The molecule has 0 aromatic carbocycles. The fourth-order valence-corrected chi connectivity index (χ4v) is 3.07. The van der Waals surface area contributed by atoms with Gasteiger partial charge in [-0.1, -0.05) is 6.07 Å². The van der Waals surface area contributed by atoms with Crippen LogP contribution in [0.2, 0.25) is 0 Å². The Balaban J connectivity index is 1.66. The lowest BCUT2D eigenvalue weighted by Crippen LogP contribution is -2.31. The van der Waals surface area contributed by atoms with Crippen LogP contribution in [0, 0.1) is 0 Å². The van der Waals surface area contributed by atoms with Crippen molar-refractivity contribution in [2.24, 2.45) is 0 Å². The molecule has 4 rings (SSSR count). The minimum atomic E-state index is -0.259. The molecule has 0 bridgehead atoms. The van der Waals surface area contributed by atoms with Crippen LogP contribution < -0.4 is 10.9 Å². The summed E-state index contributed by atoms with van der Waals surface area (Å²) in [7, 11) is 0. The van der Waals surface area contributed by atoms with E-state index in [2.05, 4.69) is 20.4 Å². The van der Waals surface area contributed by atoms with E-state index < -0.39 is 0 Å². The molecule has 116 valence electrons. The van der Waals surface area contributed by atoms with Crippen LogP contribution in [0.3, 0.4) is 0 Å². The van der Waals surface area contributed by atoms with Crippen LogP contribution in [0.25, 0.3) is 5.65 Å². The van der Waals surface area contributed by atoms with E-state index >= 15 is 0 Å². The Morgan fingerprint density at radius 2 is 2.22 bits per heavy atom. The number of carbonyl (C=O) groups excluding carboxylic acids is 1. The second kappa shape index (κ2) is 5.35. The highest BCUT2D eigenvalue weighted by Gasteiger charge is 2.24. The molecule has 1 aliphatic carbocycles. The maximum atomic E-state index is 12.6. The van der Waals surface area contributed by atoms with Gasteiger partial charge in [0.05, 0.1) is 11.7 Å². The number of nitrogens with zero attached hydrogens (tertiary/aromatic N) is 3. The zero-order chi connectivity index (χ0) is 15.8.